The molecule has 0 spiro atoms. The lowest BCUT2D eigenvalue weighted by Gasteiger charge is -2.30. The quantitative estimate of drug-likeness (QED) is 0.455. The Kier molecular flexibility index (Phi) is 7.70. The molecule has 0 radical (unpaired) electrons. The summed E-state index contributed by atoms with van der Waals surface area (Å²) >= 11 is 24.1. The number of thiocarbonyl (C=S) groups is 1. The van der Waals surface area contributed by atoms with Crippen molar-refractivity contribution in [1.29, 1.82) is 0 Å². The number of hydrogen-bond acceptors (Lipinski definition) is 4. The number of ketones is 1. The van der Waals surface area contributed by atoms with Gasteiger partial charge in [0.1, 0.15) is 6.61 Å². The van der Waals surface area contributed by atoms with Gasteiger partial charge in [-0.3, -0.25) is 4.79 Å². The summed E-state index contributed by atoms with van der Waals surface area (Å²) in [6, 6.07) is 8.27. The Labute approximate surface area is 201 Å². The minimum Gasteiger partial charge on any atom is -0.490 e. The maximum Gasteiger partial charge on any atom is 0.180 e. The molecule has 0 bridgehead atoms. The standard InChI is InChI=1S/C22H21Cl3N2O3S/c1-4-29-18-8-14(20-19(12(3)28)11(2)26-22(31)27-20)7-17(25)21(18)30-10-13-5-6-15(23)9-16(13)24/h5-9,20H,4,10H2,1-3H3,(H2,26,27,31). The van der Waals surface area contributed by atoms with Gasteiger partial charge in [-0.15, -0.1) is 0 Å². The summed E-state index contributed by atoms with van der Waals surface area (Å²) in [5.74, 6) is 0.776. The van der Waals surface area contributed by atoms with E-state index in [1.807, 2.05) is 13.8 Å². The highest BCUT2D eigenvalue weighted by Crippen LogP contribution is 2.41. The molecule has 0 amide bonds. The first kappa shape index (κ1) is 23.7. The lowest BCUT2D eigenvalue weighted by Crippen LogP contribution is -2.44. The summed E-state index contributed by atoms with van der Waals surface area (Å²) in [5.41, 5.74) is 2.77. The highest BCUT2D eigenvalue weighted by Gasteiger charge is 2.29. The lowest BCUT2D eigenvalue weighted by atomic mass is 9.93. The van der Waals surface area contributed by atoms with Gasteiger partial charge in [0.2, 0.25) is 0 Å². The van der Waals surface area contributed by atoms with Crippen molar-refractivity contribution in [2.45, 2.75) is 33.4 Å². The third-order valence-corrected chi connectivity index (χ3v) is 5.79. The summed E-state index contributed by atoms with van der Waals surface area (Å²) in [5, 5.41) is 7.95. The molecular formula is C22H21Cl3N2O3S. The number of ether oxygens (including phenoxy) is 2. The van der Waals surface area contributed by atoms with E-state index in [4.69, 9.17) is 56.5 Å². The monoisotopic (exact) mass is 498 g/mol. The molecule has 1 heterocycles. The molecule has 2 aromatic rings. The Balaban J connectivity index is 1.97. The molecule has 1 aliphatic heterocycles. The van der Waals surface area contributed by atoms with Gasteiger partial charge >= 0.3 is 0 Å². The van der Waals surface area contributed by atoms with E-state index in [-0.39, 0.29) is 12.4 Å². The third-order valence-electron chi connectivity index (χ3n) is 4.70. The molecule has 1 unspecified atom stereocenters. The van der Waals surface area contributed by atoms with Crippen molar-refractivity contribution in [2.24, 2.45) is 0 Å². The van der Waals surface area contributed by atoms with Gasteiger partial charge < -0.3 is 20.1 Å². The Morgan fingerprint density at radius 2 is 1.87 bits per heavy atom. The van der Waals surface area contributed by atoms with Crippen molar-refractivity contribution in [3.63, 3.8) is 0 Å². The van der Waals surface area contributed by atoms with E-state index in [0.29, 0.717) is 49.6 Å². The van der Waals surface area contributed by atoms with E-state index in [1.165, 1.54) is 6.92 Å². The van der Waals surface area contributed by atoms with Crippen LogP contribution < -0.4 is 20.1 Å². The van der Waals surface area contributed by atoms with Crippen LogP contribution in [-0.4, -0.2) is 17.5 Å². The molecule has 164 valence electrons. The summed E-state index contributed by atoms with van der Waals surface area (Å²) < 4.78 is 11.8. The van der Waals surface area contributed by atoms with Gasteiger partial charge in [0.15, 0.2) is 22.4 Å². The molecule has 9 heteroatoms. The molecule has 2 aromatic carbocycles. The molecule has 1 atom stereocenters. The Morgan fingerprint density at radius 1 is 1.13 bits per heavy atom. The summed E-state index contributed by atoms with van der Waals surface area (Å²) in [4.78, 5) is 12.3. The SMILES string of the molecule is CCOc1cc(C2NC(=S)NC(C)=C2C(C)=O)cc(Cl)c1OCc1ccc(Cl)cc1Cl. The third kappa shape index (κ3) is 5.44. The first-order chi connectivity index (χ1) is 14.7. The number of carbonyl (C=O) groups is 1. The van der Waals surface area contributed by atoms with Crippen LogP contribution >= 0.6 is 47.0 Å². The lowest BCUT2D eigenvalue weighted by molar-refractivity contribution is -0.114. The van der Waals surface area contributed by atoms with Crippen molar-refractivity contribution >= 4 is 57.9 Å². The van der Waals surface area contributed by atoms with Crippen LogP contribution in [0.25, 0.3) is 0 Å². The van der Waals surface area contributed by atoms with Crippen molar-refractivity contribution in [2.75, 3.05) is 6.61 Å². The maximum atomic E-state index is 12.3. The molecule has 0 fully saturated rings. The highest BCUT2D eigenvalue weighted by molar-refractivity contribution is 7.80. The fraction of sp³-hybridized carbons (Fsp3) is 0.273. The summed E-state index contributed by atoms with van der Waals surface area (Å²) in [7, 11) is 0. The van der Waals surface area contributed by atoms with Crippen LogP contribution in [0.3, 0.4) is 0 Å². The Hall–Kier alpha value is -1.99. The number of allylic oxidation sites excluding steroid dienone is 1. The molecule has 2 N–H and O–H groups in total. The molecular weight excluding hydrogens is 479 g/mol. The van der Waals surface area contributed by atoms with Gasteiger partial charge in [-0.2, -0.15) is 0 Å². The fourth-order valence-corrected chi connectivity index (χ4v) is 4.36. The minimum atomic E-state index is -0.456. The van der Waals surface area contributed by atoms with Crippen LogP contribution in [-0.2, 0) is 11.4 Å². The van der Waals surface area contributed by atoms with E-state index in [2.05, 4.69) is 10.6 Å². The minimum absolute atomic E-state index is 0.0724. The second-order valence-electron chi connectivity index (χ2n) is 6.91. The Bertz CT molecular complexity index is 1070. The molecule has 0 saturated carbocycles. The highest BCUT2D eigenvalue weighted by atomic mass is 35.5. The van der Waals surface area contributed by atoms with E-state index in [9.17, 15) is 4.79 Å². The van der Waals surface area contributed by atoms with Gasteiger partial charge in [-0.1, -0.05) is 40.9 Å². The van der Waals surface area contributed by atoms with Gasteiger partial charge in [0.05, 0.1) is 17.7 Å². The van der Waals surface area contributed by atoms with Crippen LogP contribution in [0.2, 0.25) is 15.1 Å². The van der Waals surface area contributed by atoms with Crippen molar-refractivity contribution < 1.29 is 14.3 Å². The zero-order chi connectivity index (χ0) is 22.7. The number of nitrogens with one attached hydrogen (secondary N) is 2. The van der Waals surface area contributed by atoms with Crippen LogP contribution in [0.1, 0.15) is 37.9 Å². The molecule has 0 aromatic heterocycles. The van der Waals surface area contributed by atoms with Crippen LogP contribution in [0.5, 0.6) is 11.5 Å². The number of benzene rings is 2. The van der Waals surface area contributed by atoms with Crippen molar-refractivity contribution in [3.05, 3.63) is 67.8 Å². The van der Waals surface area contributed by atoms with E-state index >= 15 is 0 Å². The number of carbonyl (C=O) groups excluding carboxylic acids is 1. The first-order valence-electron chi connectivity index (χ1n) is 9.53. The number of rotatable bonds is 7. The van der Waals surface area contributed by atoms with Crippen molar-refractivity contribution in [1.82, 2.24) is 10.6 Å². The van der Waals surface area contributed by atoms with Crippen LogP contribution in [0, 0.1) is 0 Å². The van der Waals surface area contributed by atoms with Gasteiger partial charge in [0, 0.05) is 26.9 Å². The smallest absolute Gasteiger partial charge is 0.180 e. The zero-order valence-electron chi connectivity index (χ0n) is 17.1. The van der Waals surface area contributed by atoms with E-state index in [0.717, 1.165) is 11.1 Å². The zero-order valence-corrected chi connectivity index (χ0v) is 20.2. The van der Waals surface area contributed by atoms with Crippen LogP contribution in [0.4, 0.5) is 0 Å². The molecule has 0 saturated heterocycles. The summed E-state index contributed by atoms with van der Waals surface area (Å²) in [6.07, 6.45) is 0. The van der Waals surface area contributed by atoms with E-state index < -0.39 is 6.04 Å². The van der Waals surface area contributed by atoms with Gasteiger partial charge in [0.25, 0.3) is 0 Å². The predicted octanol–water partition coefficient (Wildman–Crippen LogP) is 6.01. The molecule has 31 heavy (non-hydrogen) atoms. The maximum absolute atomic E-state index is 12.3. The van der Waals surface area contributed by atoms with Crippen LogP contribution in [0.15, 0.2) is 41.6 Å². The van der Waals surface area contributed by atoms with Gasteiger partial charge in [-0.25, -0.2) is 0 Å². The topological polar surface area (TPSA) is 59.6 Å². The molecule has 0 aliphatic carbocycles. The van der Waals surface area contributed by atoms with Crippen molar-refractivity contribution in [3.8, 4) is 11.5 Å². The largest absolute Gasteiger partial charge is 0.490 e. The Morgan fingerprint density at radius 3 is 2.52 bits per heavy atom. The van der Waals surface area contributed by atoms with Gasteiger partial charge in [-0.05, 0) is 62.8 Å². The summed E-state index contributed by atoms with van der Waals surface area (Å²) in [6.45, 7) is 5.79. The van der Waals surface area contributed by atoms with E-state index in [1.54, 1.807) is 30.3 Å². The molecule has 1 aliphatic rings. The second-order valence-corrected chi connectivity index (χ2v) is 8.57. The molecule has 3 rings (SSSR count). The number of halogens is 3. The number of hydrogen-bond donors (Lipinski definition) is 2. The average Bonchev–Trinajstić information content (AvgIpc) is 2.67. The fourth-order valence-electron chi connectivity index (χ4n) is 3.36. The predicted molar refractivity (Wildman–Crippen MR) is 128 cm³/mol. The first-order valence-corrected chi connectivity index (χ1v) is 11.1. The average molecular weight is 500 g/mol. The second kappa shape index (κ2) is 10.1. The molecule has 5 nitrogen and oxygen atoms in total. The normalized spacial score (nSPS) is 15.9. The number of Topliss-reactive ketones (excluding diaryl/α,β-unsaturated/α-hetero) is 1.